The lowest BCUT2D eigenvalue weighted by molar-refractivity contribution is -0.384. The summed E-state index contributed by atoms with van der Waals surface area (Å²) in [6.45, 7) is 0. The number of halogens is 4. The Morgan fingerprint density at radius 2 is 1.94 bits per heavy atom. The van der Waals surface area contributed by atoms with E-state index in [1.807, 2.05) is 0 Å². The minimum absolute atomic E-state index is 0.0262. The van der Waals surface area contributed by atoms with Crippen molar-refractivity contribution in [2.24, 2.45) is 4.99 Å². The Balaban J connectivity index is 1.55. The van der Waals surface area contributed by atoms with Crippen molar-refractivity contribution in [3.05, 3.63) is 86.0 Å². The van der Waals surface area contributed by atoms with Crippen LogP contribution in [0.15, 0.2) is 68.9 Å². The number of nitrogens with one attached hydrogen (secondary N) is 1. The lowest BCUT2D eigenvalue weighted by Gasteiger charge is -2.09. The molecular weight excluding hydrogens is 483 g/mol. The number of thioether (sulfide) groups is 1. The number of amidine groups is 1. The van der Waals surface area contributed by atoms with Crippen molar-refractivity contribution in [1.29, 1.82) is 0 Å². The van der Waals surface area contributed by atoms with E-state index in [2.05, 4.69) is 10.3 Å². The average molecular weight is 494 g/mol. The maximum atomic E-state index is 13.0. The Morgan fingerprint density at radius 3 is 2.67 bits per heavy atom. The topological polar surface area (TPSA) is 97.7 Å². The molecule has 12 heteroatoms. The number of nitro benzene ring substituents is 1. The second kappa shape index (κ2) is 8.75. The molecule has 0 spiro atoms. The Bertz CT molecular complexity index is 1330. The van der Waals surface area contributed by atoms with E-state index in [1.54, 1.807) is 18.2 Å². The molecule has 0 atom stereocenters. The molecule has 168 valence electrons. The summed E-state index contributed by atoms with van der Waals surface area (Å²) in [6.07, 6.45) is -3.20. The fourth-order valence-electron chi connectivity index (χ4n) is 2.89. The number of alkyl halides is 3. The van der Waals surface area contributed by atoms with E-state index in [1.165, 1.54) is 30.3 Å². The highest BCUT2D eigenvalue weighted by molar-refractivity contribution is 8.18. The molecule has 1 N–H and O–H groups in total. The van der Waals surface area contributed by atoms with Gasteiger partial charge in [0.1, 0.15) is 11.5 Å². The third kappa shape index (κ3) is 5.10. The molecular formula is C21H11ClF3N3O4S. The third-order valence-corrected chi connectivity index (χ3v) is 5.62. The number of nitrogens with zero attached hydrogens (tertiary/aromatic N) is 2. The van der Waals surface area contributed by atoms with Gasteiger partial charge in [0.05, 0.1) is 26.1 Å². The zero-order chi connectivity index (χ0) is 23.8. The van der Waals surface area contributed by atoms with Gasteiger partial charge in [0.15, 0.2) is 5.17 Å². The molecule has 33 heavy (non-hydrogen) atoms. The zero-order valence-corrected chi connectivity index (χ0v) is 17.8. The molecule has 0 unspecified atom stereocenters. The first-order chi connectivity index (χ1) is 15.6. The summed E-state index contributed by atoms with van der Waals surface area (Å²) in [4.78, 5) is 26.9. The van der Waals surface area contributed by atoms with Gasteiger partial charge in [-0.05, 0) is 42.1 Å². The van der Waals surface area contributed by atoms with Crippen LogP contribution in [0, 0.1) is 10.1 Å². The second-order valence-corrected chi connectivity index (χ2v) is 8.09. The summed E-state index contributed by atoms with van der Waals surface area (Å²) in [5.74, 6) is 0.169. The molecule has 3 aromatic rings. The van der Waals surface area contributed by atoms with Crippen molar-refractivity contribution >= 4 is 51.9 Å². The van der Waals surface area contributed by atoms with Crippen LogP contribution < -0.4 is 5.32 Å². The van der Waals surface area contributed by atoms with Crippen molar-refractivity contribution in [2.75, 3.05) is 0 Å². The number of aliphatic imine (C=N–C) groups is 1. The monoisotopic (exact) mass is 493 g/mol. The van der Waals surface area contributed by atoms with E-state index < -0.39 is 27.6 Å². The van der Waals surface area contributed by atoms with Gasteiger partial charge in [-0.1, -0.05) is 23.7 Å². The summed E-state index contributed by atoms with van der Waals surface area (Å²) >= 11 is 6.53. The lowest BCUT2D eigenvalue weighted by Crippen LogP contribution is -2.19. The van der Waals surface area contributed by atoms with E-state index in [0.29, 0.717) is 17.1 Å². The van der Waals surface area contributed by atoms with Crippen molar-refractivity contribution in [1.82, 2.24) is 5.32 Å². The van der Waals surface area contributed by atoms with E-state index in [0.717, 1.165) is 23.9 Å². The maximum absolute atomic E-state index is 13.0. The molecule has 0 saturated carbocycles. The average Bonchev–Trinajstić information content (AvgIpc) is 3.35. The molecule has 2 heterocycles. The summed E-state index contributed by atoms with van der Waals surface area (Å²) in [5, 5.41) is 13.1. The number of furan rings is 1. The summed E-state index contributed by atoms with van der Waals surface area (Å²) in [5.41, 5.74) is -0.656. The Kier molecular flexibility index (Phi) is 6.00. The molecule has 1 aromatic heterocycles. The summed E-state index contributed by atoms with van der Waals surface area (Å²) < 4.78 is 44.8. The highest BCUT2D eigenvalue weighted by Gasteiger charge is 2.33. The second-order valence-electron chi connectivity index (χ2n) is 6.65. The van der Waals surface area contributed by atoms with Gasteiger partial charge in [0.25, 0.3) is 11.6 Å². The van der Waals surface area contributed by atoms with E-state index in [4.69, 9.17) is 16.0 Å². The molecule has 0 bridgehead atoms. The van der Waals surface area contributed by atoms with Gasteiger partial charge < -0.3 is 9.73 Å². The number of carbonyl (C=O) groups excluding carboxylic acids is 1. The van der Waals surface area contributed by atoms with Crippen LogP contribution in [0.25, 0.3) is 17.4 Å². The predicted octanol–water partition coefficient (Wildman–Crippen LogP) is 6.42. The van der Waals surface area contributed by atoms with Crippen molar-refractivity contribution in [2.45, 2.75) is 6.18 Å². The van der Waals surface area contributed by atoms with Gasteiger partial charge in [-0.15, -0.1) is 0 Å². The van der Waals surface area contributed by atoms with Crippen LogP contribution in [0.3, 0.4) is 0 Å². The van der Waals surface area contributed by atoms with Crippen molar-refractivity contribution < 1.29 is 27.3 Å². The van der Waals surface area contributed by atoms with Gasteiger partial charge in [-0.2, -0.15) is 13.2 Å². The normalized spacial score (nSPS) is 16.4. The van der Waals surface area contributed by atoms with Crippen LogP contribution in [-0.2, 0) is 11.0 Å². The molecule has 1 saturated heterocycles. The van der Waals surface area contributed by atoms with Gasteiger partial charge in [0.2, 0.25) is 0 Å². The first kappa shape index (κ1) is 22.6. The Labute approximate surface area is 193 Å². The minimum Gasteiger partial charge on any atom is -0.457 e. The van der Waals surface area contributed by atoms with Crippen LogP contribution in [0.5, 0.6) is 0 Å². The predicted molar refractivity (Wildman–Crippen MR) is 118 cm³/mol. The molecule has 0 aliphatic carbocycles. The summed E-state index contributed by atoms with van der Waals surface area (Å²) in [7, 11) is 0. The molecule has 1 aliphatic rings. The maximum Gasteiger partial charge on any atom is 0.417 e. The number of non-ortho nitro benzene ring substituents is 1. The molecule has 0 radical (unpaired) electrons. The fourth-order valence-corrected chi connectivity index (χ4v) is 3.93. The third-order valence-electron chi connectivity index (χ3n) is 4.38. The van der Waals surface area contributed by atoms with Crippen molar-refractivity contribution in [3.63, 3.8) is 0 Å². The standard InChI is InChI=1S/C21H11ClF3N3O4S/c22-16-6-4-12(9-15(16)21(23,24)25)26-20-27-19(29)18(33-20)10-14-5-7-17(32-14)11-2-1-3-13(8-11)28(30)31/h1-10H,(H,26,27,29). The fraction of sp³-hybridized carbons (Fsp3) is 0.0476. The largest absolute Gasteiger partial charge is 0.457 e. The molecule has 1 fully saturated rings. The molecule has 2 aromatic carbocycles. The van der Waals surface area contributed by atoms with Crippen LogP contribution in [0.4, 0.5) is 24.5 Å². The van der Waals surface area contributed by atoms with Crippen LogP contribution in [-0.4, -0.2) is 16.0 Å². The molecule has 1 amide bonds. The Hall–Kier alpha value is -3.57. The van der Waals surface area contributed by atoms with Crippen LogP contribution in [0.2, 0.25) is 5.02 Å². The van der Waals surface area contributed by atoms with Gasteiger partial charge >= 0.3 is 6.18 Å². The molecule has 1 aliphatic heterocycles. The number of rotatable bonds is 4. The van der Waals surface area contributed by atoms with Gasteiger partial charge in [-0.3, -0.25) is 14.9 Å². The highest BCUT2D eigenvalue weighted by Crippen LogP contribution is 2.37. The minimum atomic E-state index is -4.64. The van der Waals surface area contributed by atoms with Crippen LogP contribution >= 0.6 is 23.4 Å². The molecule has 7 nitrogen and oxygen atoms in total. The number of benzene rings is 2. The summed E-state index contributed by atoms with van der Waals surface area (Å²) in [6, 6.07) is 12.2. The lowest BCUT2D eigenvalue weighted by atomic mass is 10.1. The van der Waals surface area contributed by atoms with E-state index >= 15 is 0 Å². The van der Waals surface area contributed by atoms with Crippen molar-refractivity contribution in [3.8, 4) is 11.3 Å². The molecule has 4 rings (SSSR count). The van der Waals surface area contributed by atoms with Gasteiger partial charge in [0, 0.05) is 23.8 Å². The van der Waals surface area contributed by atoms with E-state index in [9.17, 15) is 28.1 Å². The van der Waals surface area contributed by atoms with E-state index in [-0.39, 0.29) is 21.4 Å². The zero-order valence-electron chi connectivity index (χ0n) is 16.2. The number of hydrogen-bond acceptors (Lipinski definition) is 6. The smallest absolute Gasteiger partial charge is 0.417 e. The number of nitro groups is 1. The first-order valence-electron chi connectivity index (χ1n) is 9.11. The number of amides is 1. The Morgan fingerprint density at radius 1 is 1.15 bits per heavy atom. The number of carbonyl (C=O) groups is 1. The van der Waals surface area contributed by atoms with Gasteiger partial charge in [-0.25, -0.2) is 4.99 Å². The first-order valence-corrected chi connectivity index (χ1v) is 10.3. The quantitative estimate of drug-likeness (QED) is 0.257. The SMILES string of the molecule is O=C1NC(=Nc2ccc(Cl)c(C(F)(F)F)c2)SC1=Cc1ccc(-c2cccc([N+](=O)[O-])c2)o1. The number of hydrogen-bond donors (Lipinski definition) is 1. The highest BCUT2D eigenvalue weighted by atomic mass is 35.5. The van der Waals surface area contributed by atoms with Crippen LogP contribution in [0.1, 0.15) is 11.3 Å².